The molecule has 0 radical (unpaired) electrons. The molecule has 1 aliphatic carbocycles. The monoisotopic (exact) mass is 223 g/mol. The third-order valence-electron chi connectivity index (χ3n) is 3.22. The lowest BCUT2D eigenvalue weighted by molar-refractivity contribution is 0.0600. The molecule has 1 heterocycles. The van der Waals surface area contributed by atoms with Crippen molar-refractivity contribution in [3.8, 4) is 0 Å². The van der Waals surface area contributed by atoms with Crippen LogP contribution in [0.5, 0.6) is 0 Å². The van der Waals surface area contributed by atoms with Crippen molar-refractivity contribution < 1.29 is 13.9 Å². The molecule has 88 valence electrons. The van der Waals surface area contributed by atoms with Gasteiger partial charge in [-0.2, -0.15) is 0 Å². The lowest BCUT2D eigenvalue weighted by Crippen LogP contribution is -2.47. The van der Waals surface area contributed by atoms with E-state index >= 15 is 0 Å². The minimum atomic E-state index is -0.357. The van der Waals surface area contributed by atoms with E-state index in [1.165, 1.54) is 32.6 Å². The number of nitrogens with one attached hydrogen (secondary N) is 1. The summed E-state index contributed by atoms with van der Waals surface area (Å²) in [5.74, 6) is 0.415. The lowest BCUT2D eigenvalue weighted by Gasteiger charge is -2.39. The molecule has 1 fully saturated rings. The fourth-order valence-electron chi connectivity index (χ4n) is 1.88. The van der Waals surface area contributed by atoms with Crippen molar-refractivity contribution in [1.29, 1.82) is 0 Å². The van der Waals surface area contributed by atoms with Gasteiger partial charge in [0.05, 0.1) is 19.2 Å². The summed E-state index contributed by atoms with van der Waals surface area (Å²) in [6, 6.07) is 1.72. The Labute approximate surface area is 95.0 Å². The molecule has 1 N–H and O–H groups in total. The number of hydrogen-bond donors (Lipinski definition) is 1. The Morgan fingerprint density at radius 2 is 2.38 bits per heavy atom. The smallest absolute Gasteiger partial charge is 0.341 e. The Morgan fingerprint density at radius 3 is 2.94 bits per heavy atom. The van der Waals surface area contributed by atoms with E-state index in [1.807, 2.05) is 0 Å². The van der Waals surface area contributed by atoms with Gasteiger partial charge in [-0.15, -0.1) is 0 Å². The SMILES string of the molecule is COC(=O)c1coc(CNC2(C)CCC2)c1. The van der Waals surface area contributed by atoms with Gasteiger partial charge in [-0.3, -0.25) is 0 Å². The molecule has 0 aromatic carbocycles. The Hall–Kier alpha value is -1.29. The number of furan rings is 1. The van der Waals surface area contributed by atoms with E-state index < -0.39 is 0 Å². The molecule has 0 amide bonds. The zero-order valence-electron chi connectivity index (χ0n) is 9.71. The first-order valence-corrected chi connectivity index (χ1v) is 5.54. The molecule has 2 rings (SSSR count). The molecule has 0 unspecified atom stereocenters. The van der Waals surface area contributed by atoms with Gasteiger partial charge in [-0.1, -0.05) is 0 Å². The first-order chi connectivity index (χ1) is 7.63. The second kappa shape index (κ2) is 4.29. The van der Waals surface area contributed by atoms with Gasteiger partial charge in [0.25, 0.3) is 0 Å². The summed E-state index contributed by atoms with van der Waals surface area (Å²) in [5, 5.41) is 3.44. The average Bonchev–Trinajstić information content (AvgIpc) is 2.71. The lowest BCUT2D eigenvalue weighted by atomic mass is 9.78. The number of hydrogen-bond acceptors (Lipinski definition) is 4. The molecule has 1 aromatic rings. The number of methoxy groups -OCH3 is 1. The van der Waals surface area contributed by atoms with Crippen LogP contribution in [0.15, 0.2) is 16.7 Å². The molecule has 0 bridgehead atoms. The molecule has 4 nitrogen and oxygen atoms in total. The van der Waals surface area contributed by atoms with Crippen LogP contribution >= 0.6 is 0 Å². The third-order valence-corrected chi connectivity index (χ3v) is 3.22. The van der Waals surface area contributed by atoms with E-state index in [1.54, 1.807) is 6.07 Å². The van der Waals surface area contributed by atoms with Crippen LogP contribution in [-0.4, -0.2) is 18.6 Å². The molecular formula is C12H17NO3. The van der Waals surface area contributed by atoms with Crippen LogP contribution in [0.1, 0.15) is 42.3 Å². The van der Waals surface area contributed by atoms with E-state index in [-0.39, 0.29) is 11.5 Å². The van der Waals surface area contributed by atoms with Crippen LogP contribution in [0.4, 0.5) is 0 Å². The van der Waals surface area contributed by atoms with Gasteiger partial charge >= 0.3 is 5.97 Å². The van der Waals surface area contributed by atoms with Gasteiger partial charge in [0.2, 0.25) is 0 Å². The molecule has 1 saturated carbocycles. The highest BCUT2D eigenvalue weighted by Crippen LogP contribution is 2.31. The normalized spacial score (nSPS) is 17.9. The highest BCUT2D eigenvalue weighted by atomic mass is 16.5. The minimum Gasteiger partial charge on any atom is -0.467 e. The number of carbonyl (C=O) groups excluding carboxylic acids is 1. The maximum Gasteiger partial charge on any atom is 0.341 e. The quantitative estimate of drug-likeness (QED) is 0.794. The summed E-state index contributed by atoms with van der Waals surface area (Å²) < 4.78 is 9.90. The predicted molar refractivity (Wildman–Crippen MR) is 59.1 cm³/mol. The van der Waals surface area contributed by atoms with Gasteiger partial charge in [0.15, 0.2) is 0 Å². The van der Waals surface area contributed by atoms with E-state index in [0.29, 0.717) is 12.1 Å². The molecule has 16 heavy (non-hydrogen) atoms. The zero-order valence-corrected chi connectivity index (χ0v) is 9.71. The molecule has 1 aromatic heterocycles. The van der Waals surface area contributed by atoms with Gasteiger partial charge in [-0.25, -0.2) is 4.79 Å². The Bertz CT molecular complexity index is 379. The number of carbonyl (C=O) groups is 1. The van der Waals surface area contributed by atoms with Crippen LogP contribution in [0.25, 0.3) is 0 Å². The number of esters is 1. The summed E-state index contributed by atoms with van der Waals surface area (Å²) in [7, 11) is 1.36. The molecular weight excluding hydrogens is 206 g/mol. The van der Waals surface area contributed by atoms with E-state index in [9.17, 15) is 4.79 Å². The van der Waals surface area contributed by atoms with Gasteiger partial charge < -0.3 is 14.5 Å². The van der Waals surface area contributed by atoms with Crippen molar-refractivity contribution in [3.63, 3.8) is 0 Å². The van der Waals surface area contributed by atoms with Crippen LogP contribution < -0.4 is 5.32 Å². The second-order valence-corrected chi connectivity index (χ2v) is 4.56. The zero-order chi connectivity index (χ0) is 11.6. The van der Waals surface area contributed by atoms with Crippen molar-refractivity contribution in [1.82, 2.24) is 5.32 Å². The molecule has 1 aliphatic rings. The van der Waals surface area contributed by atoms with Gasteiger partial charge in [0, 0.05) is 5.54 Å². The average molecular weight is 223 g/mol. The number of rotatable bonds is 4. The van der Waals surface area contributed by atoms with Crippen LogP contribution in [-0.2, 0) is 11.3 Å². The first-order valence-electron chi connectivity index (χ1n) is 5.54. The molecule has 0 spiro atoms. The van der Waals surface area contributed by atoms with Crippen LogP contribution in [0.2, 0.25) is 0 Å². The first kappa shape index (κ1) is 11.2. The van der Waals surface area contributed by atoms with Crippen LogP contribution in [0, 0.1) is 0 Å². The summed E-state index contributed by atoms with van der Waals surface area (Å²) >= 11 is 0. The highest BCUT2D eigenvalue weighted by molar-refractivity contribution is 5.88. The largest absolute Gasteiger partial charge is 0.467 e. The molecule has 0 saturated heterocycles. The highest BCUT2D eigenvalue weighted by Gasteiger charge is 2.31. The topological polar surface area (TPSA) is 51.5 Å². The molecule has 0 atom stereocenters. The molecule has 4 heteroatoms. The van der Waals surface area contributed by atoms with E-state index in [0.717, 1.165) is 5.76 Å². The Kier molecular flexibility index (Phi) is 3.01. The van der Waals surface area contributed by atoms with E-state index in [2.05, 4.69) is 17.0 Å². The van der Waals surface area contributed by atoms with Crippen molar-refractivity contribution in [2.75, 3.05) is 7.11 Å². The Balaban J connectivity index is 1.90. The van der Waals surface area contributed by atoms with Crippen LogP contribution in [0.3, 0.4) is 0 Å². The third kappa shape index (κ3) is 2.27. The molecule has 0 aliphatic heterocycles. The van der Waals surface area contributed by atoms with Crippen molar-refractivity contribution in [2.24, 2.45) is 0 Å². The maximum atomic E-state index is 11.2. The standard InChI is InChI=1S/C12H17NO3/c1-12(4-3-5-12)13-7-10-6-9(8-16-10)11(14)15-2/h6,8,13H,3-5,7H2,1-2H3. The minimum absolute atomic E-state index is 0.248. The van der Waals surface area contributed by atoms with Crippen molar-refractivity contribution in [2.45, 2.75) is 38.3 Å². The van der Waals surface area contributed by atoms with E-state index in [4.69, 9.17) is 4.42 Å². The van der Waals surface area contributed by atoms with Crippen molar-refractivity contribution in [3.05, 3.63) is 23.7 Å². The fourth-order valence-corrected chi connectivity index (χ4v) is 1.88. The summed E-state index contributed by atoms with van der Waals surface area (Å²) in [6.07, 6.45) is 5.14. The fraction of sp³-hybridized carbons (Fsp3) is 0.583. The number of ether oxygens (including phenoxy) is 1. The summed E-state index contributed by atoms with van der Waals surface area (Å²) in [5.41, 5.74) is 0.719. The Morgan fingerprint density at radius 1 is 1.62 bits per heavy atom. The summed E-state index contributed by atoms with van der Waals surface area (Å²) in [4.78, 5) is 11.2. The predicted octanol–water partition coefficient (Wildman–Crippen LogP) is 2.10. The van der Waals surface area contributed by atoms with Gasteiger partial charge in [0.1, 0.15) is 12.0 Å². The maximum absolute atomic E-state index is 11.2. The second-order valence-electron chi connectivity index (χ2n) is 4.56. The summed E-state index contributed by atoms with van der Waals surface area (Å²) in [6.45, 7) is 2.87. The van der Waals surface area contributed by atoms with Gasteiger partial charge in [-0.05, 0) is 32.3 Å². The van der Waals surface area contributed by atoms with Crippen molar-refractivity contribution >= 4 is 5.97 Å².